The van der Waals surface area contributed by atoms with Gasteiger partial charge in [-0.3, -0.25) is 4.79 Å². The van der Waals surface area contributed by atoms with E-state index in [1.165, 1.54) is 64.2 Å². The summed E-state index contributed by atoms with van der Waals surface area (Å²) in [5.41, 5.74) is 0. The Bertz CT molecular complexity index is 267. The molecule has 0 saturated carbocycles. The molecular formula is C18H32O2. The Hall–Kier alpha value is -1.05. The molecule has 20 heavy (non-hydrogen) atoms. The summed E-state index contributed by atoms with van der Waals surface area (Å²) < 4.78 is 0. The van der Waals surface area contributed by atoms with Crippen LogP contribution in [0.3, 0.4) is 0 Å². The van der Waals surface area contributed by atoms with Gasteiger partial charge in [0.25, 0.3) is 0 Å². The molecule has 0 aromatic rings. The van der Waals surface area contributed by atoms with E-state index in [4.69, 9.17) is 5.11 Å². The van der Waals surface area contributed by atoms with E-state index >= 15 is 0 Å². The molecule has 0 rings (SSSR count). The van der Waals surface area contributed by atoms with Gasteiger partial charge in [-0.25, -0.2) is 0 Å². The summed E-state index contributed by atoms with van der Waals surface area (Å²) in [4.78, 5) is 10.3. The maximum absolute atomic E-state index is 10.3. The second-order valence-corrected chi connectivity index (χ2v) is 5.38. The molecule has 0 aliphatic rings. The Morgan fingerprint density at radius 3 is 1.70 bits per heavy atom. The van der Waals surface area contributed by atoms with Gasteiger partial charge in [0.05, 0.1) is 6.42 Å². The summed E-state index contributed by atoms with van der Waals surface area (Å²) in [7, 11) is 0. The lowest BCUT2D eigenvalue weighted by atomic mass is 10.1. The molecule has 0 aliphatic carbocycles. The van der Waals surface area contributed by atoms with Crippen LogP contribution in [-0.4, -0.2) is 11.1 Å². The lowest BCUT2D eigenvalue weighted by Gasteiger charge is -1.98. The van der Waals surface area contributed by atoms with Gasteiger partial charge in [-0.1, -0.05) is 63.3 Å². The molecular weight excluding hydrogens is 248 g/mol. The monoisotopic (exact) mass is 280 g/mol. The van der Waals surface area contributed by atoms with Crippen LogP contribution in [0, 0.1) is 0 Å². The van der Waals surface area contributed by atoms with E-state index in [9.17, 15) is 4.79 Å². The third-order valence-corrected chi connectivity index (χ3v) is 3.34. The van der Waals surface area contributed by atoms with Gasteiger partial charge in [-0.15, -0.1) is 0 Å². The molecule has 0 aromatic carbocycles. The number of rotatable bonds is 14. The van der Waals surface area contributed by atoms with Crippen molar-refractivity contribution < 1.29 is 9.90 Å². The lowest BCUT2D eigenvalue weighted by Crippen LogP contribution is -1.89. The van der Waals surface area contributed by atoms with Crippen LogP contribution in [0.15, 0.2) is 24.3 Å². The fourth-order valence-electron chi connectivity index (χ4n) is 2.10. The van der Waals surface area contributed by atoms with Gasteiger partial charge in [-0.05, 0) is 38.5 Å². The highest BCUT2D eigenvalue weighted by atomic mass is 16.4. The minimum absolute atomic E-state index is 0.157. The summed E-state index contributed by atoms with van der Waals surface area (Å²) in [6, 6.07) is 0. The standard InChI is InChI=1S/C18H32O2/c1-2-3-4-5-6-7-8-9-10-11-12-13-14-15-16-17-18(19)20/h6-7,15-16H,2-5,8-14,17H2,1H3,(H,19,20). The van der Waals surface area contributed by atoms with E-state index in [1.54, 1.807) is 6.08 Å². The maximum atomic E-state index is 10.3. The molecule has 0 bridgehead atoms. The molecule has 0 atom stereocenters. The number of carboxylic acids is 1. The molecule has 0 radical (unpaired) electrons. The van der Waals surface area contributed by atoms with Crippen LogP contribution in [-0.2, 0) is 4.79 Å². The van der Waals surface area contributed by atoms with Crippen LogP contribution in [0.2, 0.25) is 0 Å². The second kappa shape index (κ2) is 16.0. The predicted molar refractivity (Wildman–Crippen MR) is 87.0 cm³/mol. The third-order valence-electron chi connectivity index (χ3n) is 3.34. The number of hydrogen-bond donors (Lipinski definition) is 1. The lowest BCUT2D eigenvalue weighted by molar-refractivity contribution is -0.136. The first-order valence-electron chi connectivity index (χ1n) is 8.29. The Morgan fingerprint density at radius 1 is 0.750 bits per heavy atom. The first-order chi connectivity index (χ1) is 9.77. The zero-order valence-electron chi connectivity index (χ0n) is 13.2. The van der Waals surface area contributed by atoms with Crippen molar-refractivity contribution in [3.05, 3.63) is 24.3 Å². The van der Waals surface area contributed by atoms with Crippen molar-refractivity contribution in [2.75, 3.05) is 0 Å². The molecule has 2 heteroatoms. The van der Waals surface area contributed by atoms with Crippen molar-refractivity contribution in [1.29, 1.82) is 0 Å². The molecule has 116 valence electrons. The largest absolute Gasteiger partial charge is 0.481 e. The van der Waals surface area contributed by atoms with Crippen molar-refractivity contribution >= 4 is 5.97 Å². The van der Waals surface area contributed by atoms with Gasteiger partial charge in [0.2, 0.25) is 0 Å². The summed E-state index contributed by atoms with van der Waals surface area (Å²) in [6.45, 7) is 2.24. The molecule has 1 N–H and O–H groups in total. The van der Waals surface area contributed by atoms with E-state index in [1.807, 2.05) is 6.08 Å². The molecule has 0 unspecified atom stereocenters. The van der Waals surface area contributed by atoms with E-state index in [2.05, 4.69) is 19.1 Å². The highest BCUT2D eigenvalue weighted by Crippen LogP contribution is 2.08. The second-order valence-electron chi connectivity index (χ2n) is 5.38. The van der Waals surface area contributed by atoms with E-state index in [0.29, 0.717) is 0 Å². The molecule has 0 saturated heterocycles. The molecule has 0 spiro atoms. The normalized spacial score (nSPS) is 11.7. The average molecular weight is 280 g/mol. The Labute approximate surface area is 125 Å². The summed E-state index contributed by atoms with van der Waals surface area (Å²) in [5.74, 6) is -0.746. The highest BCUT2D eigenvalue weighted by Gasteiger charge is 1.91. The smallest absolute Gasteiger partial charge is 0.307 e. The van der Waals surface area contributed by atoms with E-state index in [0.717, 1.165) is 6.42 Å². The van der Waals surface area contributed by atoms with Crippen LogP contribution < -0.4 is 0 Å². The molecule has 0 heterocycles. The molecule has 0 fully saturated rings. The summed E-state index contributed by atoms with van der Waals surface area (Å²) >= 11 is 0. The van der Waals surface area contributed by atoms with Crippen molar-refractivity contribution in [1.82, 2.24) is 0 Å². The SMILES string of the molecule is CCCCCC=CCCCCCCCC=CCC(=O)O. The first-order valence-corrected chi connectivity index (χ1v) is 8.29. The van der Waals surface area contributed by atoms with Crippen LogP contribution in [0.25, 0.3) is 0 Å². The number of carbonyl (C=O) groups is 1. The third kappa shape index (κ3) is 16.9. The molecule has 0 aliphatic heterocycles. The van der Waals surface area contributed by atoms with Crippen LogP contribution >= 0.6 is 0 Å². The van der Waals surface area contributed by atoms with Crippen molar-refractivity contribution in [2.45, 2.75) is 84.0 Å². The zero-order chi connectivity index (χ0) is 14.9. The fraction of sp³-hybridized carbons (Fsp3) is 0.722. The van der Waals surface area contributed by atoms with Gasteiger partial charge in [-0.2, -0.15) is 0 Å². The molecule has 0 amide bonds. The minimum atomic E-state index is -0.746. The Balaban J connectivity index is 3.13. The first kappa shape index (κ1) is 18.9. The van der Waals surface area contributed by atoms with E-state index < -0.39 is 5.97 Å². The van der Waals surface area contributed by atoms with Gasteiger partial charge in [0.15, 0.2) is 0 Å². The van der Waals surface area contributed by atoms with E-state index in [-0.39, 0.29) is 6.42 Å². The van der Waals surface area contributed by atoms with Crippen molar-refractivity contribution in [3.8, 4) is 0 Å². The number of carboxylic acid groups (broad SMARTS) is 1. The molecule has 0 aromatic heterocycles. The van der Waals surface area contributed by atoms with Crippen LogP contribution in [0.1, 0.15) is 84.0 Å². The summed E-state index contributed by atoms with van der Waals surface area (Å²) in [6.07, 6.45) is 22.4. The Kier molecular flexibility index (Phi) is 15.2. The topological polar surface area (TPSA) is 37.3 Å². The predicted octanol–water partition coefficient (Wildman–Crippen LogP) is 5.88. The fourth-order valence-corrected chi connectivity index (χ4v) is 2.10. The quantitative estimate of drug-likeness (QED) is 0.318. The van der Waals surface area contributed by atoms with Gasteiger partial charge in [0, 0.05) is 0 Å². The van der Waals surface area contributed by atoms with Gasteiger partial charge >= 0.3 is 5.97 Å². The number of aliphatic carboxylic acids is 1. The molecule has 2 nitrogen and oxygen atoms in total. The number of unbranched alkanes of at least 4 members (excludes halogenated alkanes) is 9. The van der Waals surface area contributed by atoms with Gasteiger partial charge in [0.1, 0.15) is 0 Å². The van der Waals surface area contributed by atoms with Crippen molar-refractivity contribution in [2.24, 2.45) is 0 Å². The minimum Gasteiger partial charge on any atom is -0.481 e. The van der Waals surface area contributed by atoms with Crippen LogP contribution in [0.5, 0.6) is 0 Å². The number of hydrogen-bond acceptors (Lipinski definition) is 1. The van der Waals surface area contributed by atoms with Crippen LogP contribution in [0.4, 0.5) is 0 Å². The Morgan fingerprint density at radius 2 is 1.20 bits per heavy atom. The zero-order valence-corrected chi connectivity index (χ0v) is 13.2. The average Bonchev–Trinajstić information content (AvgIpc) is 2.43. The van der Waals surface area contributed by atoms with Crippen molar-refractivity contribution in [3.63, 3.8) is 0 Å². The number of allylic oxidation sites excluding steroid dienone is 3. The van der Waals surface area contributed by atoms with Gasteiger partial charge < -0.3 is 5.11 Å². The highest BCUT2D eigenvalue weighted by molar-refractivity contribution is 5.68. The summed E-state index contributed by atoms with van der Waals surface area (Å²) in [5, 5.41) is 8.46. The maximum Gasteiger partial charge on any atom is 0.307 e.